The Morgan fingerprint density at radius 1 is 0.909 bits per heavy atom. The summed E-state index contributed by atoms with van der Waals surface area (Å²) in [7, 11) is 3.14. The lowest BCUT2D eigenvalue weighted by molar-refractivity contribution is 0.0938. The van der Waals surface area contributed by atoms with Gasteiger partial charge in [-0.1, -0.05) is 24.3 Å². The number of aromatic hydroxyl groups is 1. The van der Waals surface area contributed by atoms with Crippen molar-refractivity contribution in [2.75, 3.05) is 14.2 Å². The maximum absolute atomic E-state index is 13.2. The van der Waals surface area contributed by atoms with Gasteiger partial charge in [-0.15, -0.1) is 0 Å². The van der Waals surface area contributed by atoms with Crippen molar-refractivity contribution < 1.29 is 19.4 Å². The third-order valence-electron chi connectivity index (χ3n) is 5.22. The molecule has 166 valence electrons. The van der Waals surface area contributed by atoms with Crippen LogP contribution in [-0.2, 0) is 0 Å². The standard InChI is InChI=1S/C26H23N3O4/c1-32-23-11-10-18(16-24(23)33-2)20-7-5-8-21(28-20)26(31)29-25(17-12-14-27-15-13-17)19-6-3-4-9-22(19)30/h3-16,25,30H,1-2H3,(H,29,31). The van der Waals surface area contributed by atoms with Gasteiger partial charge in [0.25, 0.3) is 5.91 Å². The van der Waals surface area contributed by atoms with Gasteiger partial charge in [0.15, 0.2) is 11.5 Å². The van der Waals surface area contributed by atoms with Gasteiger partial charge in [0, 0.05) is 23.5 Å². The summed E-state index contributed by atoms with van der Waals surface area (Å²) in [4.78, 5) is 21.8. The first-order valence-electron chi connectivity index (χ1n) is 10.3. The number of methoxy groups -OCH3 is 2. The van der Waals surface area contributed by atoms with E-state index < -0.39 is 6.04 Å². The first-order valence-corrected chi connectivity index (χ1v) is 10.3. The fourth-order valence-electron chi connectivity index (χ4n) is 3.55. The molecule has 4 aromatic rings. The van der Waals surface area contributed by atoms with Gasteiger partial charge in [-0.25, -0.2) is 4.98 Å². The Balaban J connectivity index is 1.66. The molecule has 4 rings (SSSR count). The van der Waals surface area contributed by atoms with E-state index in [-0.39, 0.29) is 17.4 Å². The van der Waals surface area contributed by atoms with Gasteiger partial charge in [-0.05, 0) is 54.1 Å². The molecule has 0 bridgehead atoms. The Morgan fingerprint density at radius 3 is 2.39 bits per heavy atom. The second-order valence-electron chi connectivity index (χ2n) is 7.22. The summed E-state index contributed by atoms with van der Waals surface area (Å²) in [6.45, 7) is 0. The van der Waals surface area contributed by atoms with Crippen molar-refractivity contribution in [1.82, 2.24) is 15.3 Å². The number of carbonyl (C=O) groups excluding carboxylic acids is 1. The van der Waals surface area contributed by atoms with Crippen molar-refractivity contribution in [3.63, 3.8) is 0 Å². The zero-order valence-electron chi connectivity index (χ0n) is 18.2. The van der Waals surface area contributed by atoms with Gasteiger partial charge in [-0.2, -0.15) is 0 Å². The van der Waals surface area contributed by atoms with E-state index in [0.717, 1.165) is 11.1 Å². The minimum absolute atomic E-state index is 0.0895. The third-order valence-corrected chi connectivity index (χ3v) is 5.22. The highest BCUT2D eigenvalue weighted by atomic mass is 16.5. The number of rotatable bonds is 7. The molecule has 2 aromatic carbocycles. The first-order chi connectivity index (χ1) is 16.1. The lowest BCUT2D eigenvalue weighted by Crippen LogP contribution is -2.30. The number of carbonyl (C=O) groups is 1. The molecule has 0 saturated carbocycles. The molecule has 0 aliphatic heterocycles. The van der Waals surface area contributed by atoms with Gasteiger partial charge >= 0.3 is 0 Å². The van der Waals surface area contributed by atoms with E-state index in [1.165, 1.54) is 0 Å². The van der Waals surface area contributed by atoms with Crippen LogP contribution in [0.4, 0.5) is 0 Å². The van der Waals surface area contributed by atoms with E-state index in [1.807, 2.05) is 24.3 Å². The number of hydrogen-bond donors (Lipinski definition) is 2. The number of benzene rings is 2. The molecule has 1 atom stereocenters. The average Bonchev–Trinajstić information content (AvgIpc) is 2.87. The summed E-state index contributed by atoms with van der Waals surface area (Å²) in [6.07, 6.45) is 3.29. The second kappa shape index (κ2) is 9.82. The Morgan fingerprint density at radius 2 is 1.67 bits per heavy atom. The minimum atomic E-state index is -0.576. The Bertz CT molecular complexity index is 1260. The summed E-state index contributed by atoms with van der Waals surface area (Å²) >= 11 is 0. The highest BCUT2D eigenvalue weighted by Crippen LogP contribution is 2.32. The van der Waals surface area contributed by atoms with Gasteiger partial charge < -0.3 is 19.9 Å². The number of hydrogen-bond acceptors (Lipinski definition) is 6. The SMILES string of the molecule is COc1ccc(-c2cccc(C(=O)NC(c3ccncc3)c3ccccc3O)n2)cc1OC. The van der Waals surface area contributed by atoms with Crippen molar-refractivity contribution in [2.24, 2.45) is 0 Å². The number of para-hydroxylation sites is 1. The zero-order valence-corrected chi connectivity index (χ0v) is 18.2. The minimum Gasteiger partial charge on any atom is -0.508 e. The molecule has 0 aliphatic carbocycles. The van der Waals surface area contributed by atoms with Crippen molar-refractivity contribution >= 4 is 5.91 Å². The van der Waals surface area contributed by atoms with E-state index in [9.17, 15) is 9.90 Å². The van der Waals surface area contributed by atoms with E-state index in [1.54, 1.807) is 75.1 Å². The molecular formula is C26H23N3O4. The van der Waals surface area contributed by atoms with E-state index in [2.05, 4.69) is 15.3 Å². The molecule has 7 heteroatoms. The third kappa shape index (κ3) is 4.77. The Hall–Kier alpha value is -4.39. The van der Waals surface area contributed by atoms with Crippen LogP contribution in [0.15, 0.2) is 85.2 Å². The number of nitrogens with one attached hydrogen (secondary N) is 1. The maximum Gasteiger partial charge on any atom is 0.270 e. The highest BCUT2D eigenvalue weighted by molar-refractivity contribution is 5.93. The number of amides is 1. The molecule has 1 amide bonds. The molecule has 0 radical (unpaired) electrons. The first kappa shape index (κ1) is 21.8. The van der Waals surface area contributed by atoms with Gasteiger partial charge in [0.1, 0.15) is 11.4 Å². The van der Waals surface area contributed by atoms with Gasteiger partial charge in [0.05, 0.1) is 26.0 Å². The molecule has 0 saturated heterocycles. The molecular weight excluding hydrogens is 418 g/mol. The number of pyridine rings is 2. The van der Waals surface area contributed by atoms with Crippen molar-refractivity contribution in [2.45, 2.75) is 6.04 Å². The number of aromatic nitrogens is 2. The fraction of sp³-hybridized carbons (Fsp3) is 0.115. The molecule has 2 aromatic heterocycles. The van der Waals surface area contributed by atoms with Crippen LogP contribution in [0.1, 0.15) is 27.7 Å². The lowest BCUT2D eigenvalue weighted by Gasteiger charge is -2.20. The average molecular weight is 441 g/mol. The summed E-state index contributed by atoms with van der Waals surface area (Å²) in [5.41, 5.74) is 3.01. The van der Waals surface area contributed by atoms with E-state index in [0.29, 0.717) is 22.8 Å². The summed E-state index contributed by atoms with van der Waals surface area (Å²) in [5.74, 6) is 0.899. The van der Waals surface area contributed by atoms with Crippen LogP contribution in [0.5, 0.6) is 17.2 Å². The second-order valence-corrected chi connectivity index (χ2v) is 7.22. The zero-order chi connectivity index (χ0) is 23.2. The van der Waals surface area contributed by atoms with Crippen LogP contribution in [0.2, 0.25) is 0 Å². The predicted octanol–water partition coefficient (Wildman–Crippen LogP) is 4.39. The monoisotopic (exact) mass is 441 g/mol. The predicted molar refractivity (Wildman–Crippen MR) is 124 cm³/mol. The number of phenolic OH excluding ortho intramolecular Hbond substituents is 1. The highest BCUT2D eigenvalue weighted by Gasteiger charge is 2.21. The molecule has 2 N–H and O–H groups in total. The molecule has 2 heterocycles. The Kier molecular flexibility index (Phi) is 6.50. The van der Waals surface area contributed by atoms with E-state index in [4.69, 9.17) is 9.47 Å². The van der Waals surface area contributed by atoms with Crippen LogP contribution in [0, 0.1) is 0 Å². The maximum atomic E-state index is 13.2. The van der Waals surface area contributed by atoms with Crippen molar-refractivity contribution in [3.8, 4) is 28.5 Å². The molecule has 0 aliphatic rings. The van der Waals surface area contributed by atoms with E-state index >= 15 is 0 Å². The van der Waals surface area contributed by atoms with Crippen molar-refractivity contribution in [1.29, 1.82) is 0 Å². The summed E-state index contributed by atoms with van der Waals surface area (Å²) < 4.78 is 10.7. The smallest absolute Gasteiger partial charge is 0.270 e. The lowest BCUT2D eigenvalue weighted by atomic mass is 9.98. The van der Waals surface area contributed by atoms with Gasteiger partial charge in [0.2, 0.25) is 0 Å². The van der Waals surface area contributed by atoms with Crippen LogP contribution < -0.4 is 14.8 Å². The van der Waals surface area contributed by atoms with Crippen molar-refractivity contribution in [3.05, 3.63) is 102 Å². The number of phenols is 1. The van der Waals surface area contributed by atoms with Gasteiger partial charge in [-0.3, -0.25) is 9.78 Å². The molecule has 0 spiro atoms. The normalized spacial score (nSPS) is 11.5. The van der Waals surface area contributed by atoms with Crippen LogP contribution in [0.3, 0.4) is 0 Å². The largest absolute Gasteiger partial charge is 0.508 e. The summed E-state index contributed by atoms with van der Waals surface area (Å²) in [5, 5.41) is 13.4. The van der Waals surface area contributed by atoms with Crippen LogP contribution in [-0.4, -0.2) is 35.2 Å². The molecule has 7 nitrogen and oxygen atoms in total. The number of nitrogens with zero attached hydrogens (tertiary/aromatic N) is 2. The van der Waals surface area contributed by atoms with Crippen LogP contribution >= 0.6 is 0 Å². The number of ether oxygens (including phenoxy) is 2. The Labute approximate surface area is 191 Å². The molecule has 0 fully saturated rings. The summed E-state index contributed by atoms with van der Waals surface area (Å²) in [6, 6.07) is 20.6. The van der Waals surface area contributed by atoms with Crippen LogP contribution in [0.25, 0.3) is 11.3 Å². The fourth-order valence-corrected chi connectivity index (χ4v) is 3.55. The quantitative estimate of drug-likeness (QED) is 0.442. The molecule has 1 unspecified atom stereocenters. The molecule has 33 heavy (non-hydrogen) atoms. The topological polar surface area (TPSA) is 93.6 Å².